The standard InChI is InChI=1S/C12H26N4/c1-8-11-12(15(6)9(2)13(8)4)16(7)10(3)14(11)5/h8-12H,1-7H3. The van der Waals surface area contributed by atoms with Gasteiger partial charge >= 0.3 is 0 Å². The van der Waals surface area contributed by atoms with Crippen molar-refractivity contribution in [3.8, 4) is 0 Å². The Morgan fingerprint density at radius 3 is 1.56 bits per heavy atom. The predicted molar refractivity (Wildman–Crippen MR) is 67.0 cm³/mol. The Bertz CT molecular complexity index is 244. The van der Waals surface area contributed by atoms with Gasteiger partial charge in [-0.2, -0.15) is 0 Å². The van der Waals surface area contributed by atoms with E-state index in [0.717, 1.165) is 0 Å². The van der Waals surface area contributed by atoms with E-state index in [4.69, 9.17) is 0 Å². The molecule has 0 aromatic rings. The molecule has 5 atom stereocenters. The van der Waals surface area contributed by atoms with Crippen LogP contribution in [-0.4, -0.2) is 78.4 Å². The number of nitrogens with zero attached hydrogens (tertiary/aromatic N) is 4. The van der Waals surface area contributed by atoms with Crippen molar-refractivity contribution < 1.29 is 0 Å². The van der Waals surface area contributed by atoms with Crippen LogP contribution in [0.15, 0.2) is 0 Å². The number of hydrogen-bond acceptors (Lipinski definition) is 4. The van der Waals surface area contributed by atoms with Gasteiger partial charge in [0, 0.05) is 6.04 Å². The van der Waals surface area contributed by atoms with Gasteiger partial charge in [0.15, 0.2) is 0 Å². The highest BCUT2D eigenvalue weighted by atomic mass is 15.6. The number of likely N-dealkylation sites (N-methyl/N-ethyl adjacent to an activating group) is 4. The summed E-state index contributed by atoms with van der Waals surface area (Å²) >= 11 is 0. The monoisotopic (exact) mass is 226 g/mol. The average molecular weight is 226 g/mol. The minimum Gasteiger partial charge on any atom is -0.287 e. The van der Waals surface area contributed by atoms with Crippen LogP contribution in [0.3, 0.4) is 0 Å². The Labute approximate surface area is 99.8 Å². The summed E-state index contributed by atoms with van der Waals surface area (Å²) in [4.78, 5) is 9.97. The molecule has 2 aliphatic heterocycles. The van der Waals surface area contributed by atoms with Gasteiger partial charge in [0.2, 0.25) is 0 Å². The Hall–Kier alpha value is -0.160. The summed E-state index contributed by atoms with van der Waals surface area (Å²) in [6, 6.07) is 1.21. The maximum atomic E-state index is 2.51. The molecule has 0 aliphatic carbocycles. The quantitative estimate of drug-likeness (QED) is 0.597. The summed E-state index contributed by atoms with van der Waals surface area (Å²) < 4.78 is 0. The van der Waals surface area contributed by atoms with Crippen LogP contribution >= 0.6 is 0 Å². The van der Waals surface area contributed by atoms with Crippen molar-refractivity contribution in [3.05, 3.63) is 0 Å². The van der Waals surface area contributed by atoms with Crippen LogP contribution in [0, 0.1) is 0 Å². The van der Waals surface area contributed by atoms with Gasteiger partial charge in [0.1, 0.15) is 0 Å². The van der Waals surface area contributed by atoms with Crippen molar-refractivity contribution in [1.82, 2.24) is 19.6 Å². The van der Waals surface area contributed by atoms with E-state index in [9.17, 15) is 0 Å². The molecule has 94 valence electrons. The van der Waals surface area contributed by atoms with Gasteiger partial charge in [-0.3, -0.25) is 19.6 Å². The highest BCUT2D eigenvalue weighted by Crippen LogP contribution is 2.34. The first-order chi connectivity index (χ1) is 7.37. The van der Waals surface area contributed by atoms with Crippen LogP contribution < -0.4 is 0 Å². The van der Waals surface area contributed by atoms with Gasteiger partial charge < -0.3 is 0 Å². The van der Waals surface area contributed by atoms with Crippen LogP contribution in [0.4, 0.5) is 0 Å². The second kappa shape index (κ2) is 3.95. The van der Waals surface area contributed by atoms with Crippen LogP contribution in [0.25, 0.3) is 0 Å². The molecule has 0 spiro atoms. The van der Waals surface area contributed by atoms with Crippen LogP contribution in [0.2, 0.25) is 0 Å². The summed E-state index contributed by atoms with van der Waals surface area (Å²) in [5.74, 6) is 0. The first kappa shape index (κ1) is 12.3. The van der Waals surface area contributed by atoms with Crippen molar-refractivity contribution in [3.63, 3.8) is 0 Å². The predicted octanol–water partition coefficient (Wildman–Crippen LogP) is 0.516. The Morgan fingerprint density at radius 2 is 1.06 bits per heavy atom. The largest absolute Gasteiger partial charge is 0.287 e. The number of fused-ring (bicyclic) bond motifs is 1. The van der Waals surface area contributed by atoms with Crippen molar-refractivity contribution in [2.45, 2.75) is 51.4 Å². The summed E-state index contributed by atoms with van der Waals surface area (Å²) in [5, 5.41) is 0. The molecule has 2 rings (SSSR count). The first-order valence-electron chi connectivity index (χ1n) is 6.25. The topological polar surface area (TPSA) is 13.0 Å². The van der Waals surface area contributed by atoms with Gasteiger partial charge in [0.05, 0.1) is 24.5 Å². The number of rotatable bonds is 0. The highest BCUT2D eigenvalue weighted by Gasteiger charge is 2.51. The number of hydrogen-bond donors (Lipinski definition) is 0. The maximum absolute atomic E-state index is 2.51. The zero-order valence-electron chi connectivity index (χ0n) is 11.7. The third kappa shape index (κ3) is 1.44. The zero-order valence-corrected chi connectivity index (χ0v) is 11.7. The summed E-state index contributed by atoms with van der Waals surface area (Å²) in [5.41, 5.74) is 0. The zero-order chi connectivity index (χ0) is 12.2. The van der Waals surface area contributed by atoms with Crippen LogP contribution in [0.5, 0.6) is 0 Å². The van der Waals surface area contributed by atoms with E-state index < -0.39 is 0 Å². The molecule has 4 nitrogen and oxygen atoms in total. The van der Waals surface area contributed by atoms with Gasteiger partial charge in [0.25, 0.3) is 0 Å². The molecule has 5 unspecified atom stereocenters. The average Bonchev–Trinajstić information content (AvgIpc) is 2.48. The Kier molecular flexibility index (Phi) is 3.03. The fourth-order valence-electron chi connectivity index (χ4n) is 3.42. The van der Waals surface area contributed by atoms with Gasteiger partial charge in [-0.1, -0.05) is 0 Å². The highest BCUT2D eigenvalue weighted by molar-refractivity contribution is 5.03. The second-order valence-corrected chi connectivity index (χ2v) is 5.57. The van der Waals surface area contributed by atoms with Gasteiger partial charge in [-0.05, 0) is 49.0 Å². The summed E-state index contributed by atoms with van der Waals surface area (Å²) in [7, 11) is 8.97. The molecule has 0 aromatic carbocycles. The third-order valence-electron chi connectivity index (χ3n) is 5.10. The molecular weight excluding hydrogens is 200 g/mol. The molecule has 2 fully saturated rings. The van der Waals surface area contributed by atoms with Crippen LogP contribution in [-0.2, 0) is 0 Å². The lowest BCUT2D eigenvalue weighted by Gasteiger charge is -2.51. The van der Waals surface area contributed by atoms with E-state index in [1.54, 1.807) is 0 Å². The van der Waals surface area contributed by atoms with E-state index >= 15 is 0 Å². The van der Waals surface area contributed by atoms with Crippen molar-refractivity contribution >= 4 is 0 Å². The van der Waals surface area contributed by atoms with Crippen molar-refractivity contribution in [2.75, 3.05) is 28.2 Å². The van der Waals surface area contributed by atoms with Gasteiger partial charge in [-0.25, -0.2) is 0 Å². The lowest BCUT2D eigenvalue weighted by molar-refractivity contribution is -0.0760. The normalized spacial score (nSPS) is 48.6. The summed E-state index contributed by atoms with van der Waals surface area (Å²) in [6.07, 6.45) is 1.58. The van der Waals surface area contributed by atoms with E-state index in [1.807, 2.05) is 0 Å². The molecule has 0 aromatic heterocycles. The molecule has 0 radical (unpaired) electrons. The lowest BCUT2D eigenvalue weighted by atomic mass is 10.00. The molecule has 2 aliphatic rings. The van der Waals surface area contributed by atoms with Crippen molar-refractivity contribution in [1.29, 1.82) is 0 Å². The SMILES string of the molecule is CC1C2C(N(C)C(C)N1C)N(C)C(C)N2C. The fourth-order valence-corrected chi connectivity index (χ4v) is 3.42. The fraction of sp³-hybridized carbons (Fsp3) is 1.00. The molecular formula is C12H26N4. The molecule has 2 heterocycles. The second-order valence-electron chi connectivity index (χ2n) is 5.57. The van der Waals surface area contributed by atoms with E-state index in [1.165, 1.54) is 0 Å². The Balaban J connectivity index is 2.33. The molecule has 0 N–H and O–H groups in total. The lowest BCUT2D eigenvalue weighted by Crippen LogP contribution is -2.67. The Morgan fingerprint density at radius 1 is 0.625 bits per heavy atom. The minimum absolute atomic E-state index is 0.511. The molecule has 16 heavy (non-hydrogen) atoms. The van der Waals surface area contributed by atoms with Crippen molar-refractivity contribution in [2.24, 2.45) is 0 Å². The summed E-state index contributed by atoms with van der Waals surface area (Å²) in [6.45, 7) is 6.94. The third-order valence-corrected chi connectivity index (χ3v) is 5.10. The molecule has 0 bridgehead atoms. The van der Waals surface area contributed by atoms with Gasteiger partial charge in [-0.15, -0.1) is 0 Å². The van der Waals surface area contributed by atoms with Crippen LogP contribution in [0.1, 0.15) is 20.8 Å². The van der Waals surface area contributed by atoms with E-state index in [2.05, 4.69) is 68.6 Å². The molecule has 0 saturated carbocycles. The molecule has 4 heteroatoms. The molecule has 0 amide bonds. The first-order valence-corrected chi connectivity index (χ1v) is 6.25. The smallest absolute Gasteiger partial charge is 0.0818 e. The van der Waals surface area contributed by atoms with E-state index in [-0.39, 0.29) is 0 Å². The molecule has 2 saturated heterocycles. The minimum atomic E-state index is 0.511. The maximum Gasteiger partial charge on any atom is 0.0818 e. The van der Waals surface area contributed by atoms with E-state index in [0.29, 0.717) is 30.6 Å².